The number of methoxy groups -OCH3 is 1. The number of hydrogen-bond acceptors (Lipinski definition) is 3. The Bertz CT molecular complexity index is 505. The molecule has 1 heterocycles. The van der Waals surface area contributed by atoms with Crippen LogP contribution >= 0.6 is 0 Å². The molecular formula is C15H17NO3. The van der Waals surface area contributed by atoms with Crippen LogP contribution in [0.5, 0.6) is 0 Å². The van der Waals surface area contributed by atoms with Gasteiger partial charge in [-0.25, -0.2) is 0 Å². The van der Waals surface area contributed by atoms with Crippen LogP contribution in [0.3, 0.4) is 0 Å². The molecule has 19 heavy (non-hydrogen) atoms. The summed E-state index contributed by atoms with van der Waals surface area (Å²) in [6.07, 6.45) is 2.15. The molecule has 2 amide bonds. The normalized spacial score (nSPS) is 33.9. The topological polar surface area (TPSA) is 55.4 Å². The summed E-state index contributed by atoms with van der Waals surface area (Å²) in [6.45, 7) is 0. The van der Waals surface area contributed by atoms with Crippen molar-refractivity contribution in [3.63, 3.8) is 0 Å². The summed E-state index contributed by atoms with van der Waals surface area (Å²) in [5, 5.41) is 2.47. The van der Waals surface area contributed by atoms with E-state index in [-0.39, 0.29) is 29.3 Å². The molecular weight excluding hydrogens is 242 g/mol. The molecule has 1 atom stereocenters. The van der Waals surface area contributed by atoms with E-state index in [9.17, 15) is 9.59 Å². The molecule has 0 radical (unpaired) electrons. The number of ether oxygens (including phenoxy) is 1. The molecule has 2 aliphatic rings. The van der Waals surface area contributed by atoms with Crippen LogP contribution in [-0.2, 0) is 14.3 Å². The summed E-state index contributed by atoms with van der Waals surface area (Å²) in [7, 11) is 1.68. The molecule has 4 nitrogen and oxygen atoms in total. The summed E-state index contributed by atoms with van der Waals surface area (Å²) < 4.78 is 5.33. The zero-order chi connectivity index (χ0) is 13.5. The molecule has 0 aromatic heterocycles. The van der Waals surface area contributed by atoms with E-state index in [4.69, 9.17) is 4.74 Å². The third-order valence-electron chi connectivity index (χ3n) is 4.38. The fraction of sp³-hybridized carbons (Fsp3) is 0.467. The Morgan fingerprint density at radius 3 is 2.53 bits per heavy atom. The molecule has 1 saturated heterocycles. The van der Waals surface area contributed by atoms with Gasteiger partial charge in [0.05, 0.1) is 12.0 Å². The highest BCUT2D eigenvalue weighted by Crippen LogP contribution is 2.56. The molecule has 1 aromatic rings. The van der Waals surface area contributed by atoms with Gasteiger partial charge >= 0.3 is 0 Å². The maximum atomic E-state index is 12.2. The summed E-state index contributed by atoms with van der Waals surface area (Å²) in [5.74, 6) is -0.568. The number of piperidine rings is 1. The average molecular weight is 259 g/mol. The maximum Gasteiger partial charge on any atom is 0.234 e. The van der Waals surface area contributed by atoms with Gasteiger partial charge < -0.3 is 4.74 Å². The lowest BCUT2D eigenvalue weighted by molar-refractivity contribution is -0.151. The fourth-order valence-electron chi connectivity index (χ4n) is 3.50. The van der Waals surface area contributed by atoms with E-state index in [1.54, 1.807) is 7.11 Å². The van der Waals surface area contributed by atoms with Gasteiger partial charge in [0.15, 0.2) is 0 Å². The number of imide groups is 1. The lowest BCUT2D eigenvalue weighted by Gasteiger charge is -2.52. The molecule has 1 N–H and O–H groups in total. The minimum Gasteiger partial charge on any atom is -0.381 e. The third kappa shape index (κ3) is 1.96. The van der Waals surface area contributed by atoms with Gasteiger partial charge in [0.2, 0.25) is 11.8 Å². The Labute approximate surface area is 112 Å². The van der Waals surface area contributed by atoms with Crippen molar-refractivity contribution in [1.82, 2.24) is 5.32 Å². The fourth-order valence-corrected chi connectivity index (χ4v) is 3.50. The number of nitrogens with one attached hydrogen (secondary N) is 1. The third-order valence-corrected chi connectivity index (χ3v) is 4.38. The Morgan fingerprint density at radius 1 is 1.21 bits per heavy atom. The van der Waals surface area contributed by atoms with Crippen molar-refractivity contribution in [2.24, 2.45) is 5.41 Å². The molecule has 3 rings (SSSR count). The van der Waals surface area contributed by atoms with E-state index in [2.05, 4.69) is 5.32 Å². The molecule has 4 heteroatoms. The van der Waals surface area contributed by atoms with Gasteiger partial charge in [0.1, 0.15) is 0 Å². The monoisotopic (exact) mass is 259 g/mol. The van der Waals surface area contributed by atoms with Crippen LogP contribution in [0.25, 0.3) is 0 Å². The van der Waals surface area contributed by atoms with Crippen LogP contribution in [0, 0.1) is 5.41 Å². The summed E-state index contributed by atoms with van der Waals surface area (Å²) in [6, 6.07) is 9.71. The van der Waals surface area contributed by atoms with E-state index in [1.165, 1.54) is 0 Å². The van der Waals surface area contributed by atoms with Gasteiger partial charge in [0, 0.05) is 13.5 Å². The minimum atomic E-state index is -0.249. The van der Waals surface area contributed by atoms with E-state index in [0.717, 1.165) is 18.4 Å². The SMILES string of the molecule is COC1CC2(CC(=O)NC(=O)C2c2ccccc2)C1. The number of amides is 2. The van der Waals surface area contributed by atoms with Crippen LogP contribution in [0.1, 0.15) is 30.7 Å². The first-order valence-electron chi connectivity index (χ1n) is 6.56. The van der Waals surface area contributed by atoms with Crippen LogP contribution in [0.15, 0.2) is 30.3 Å². The second-order valence-electron chi connectivity index (χ2n) is 5.56. The number of carbonyl (C=O) groups is 2. The van der Waals surface area contributed by atoms with E-state index in [1.807, 2.05) is 30.3 Å². The summed E-state index contributed by atoms with van der Waals surface area (Å²) in [4.78, 5) is 23.9. The largest absolute Gasteiger partial charge is 0.381 e. The molecule has 1 aromatic carbocycles. The van der Waals surface area contributed by atoms with Crippen molar-refractivity contribution in [2.45, 2.75) is 31.3 Å². The van der Waals surface area contributed by atoms with Crippen molar-refractivity contribution in [2.75, 3.05) is 7.11 Å². The first kappa shape index (κ1) is 12.4. The van der Waals surface area contributed by atoms with E-state index < -0.39 is 0 Å². The molecule has 1 aliphatic carbocycles. The lowest BCUT2D eigenvalue weighted by Crippen LogP contribution is -2.57. The first-order valence-corrected chi connectivity index (χ1v) is 6.56. The highest BCUT2D eigenvalue weighted by molar-refractivity contribution is 6.02. The van der Waals surface area contributed by atoms with E-state index in [0.29, 0.717) is 6.42 Å². The van der Waals surface area contributed by atoms with Crippen LogP contribution < -0.4 is 5.32 Å². The number of hydrogen-bond donors (Lipinski definition) is 1. The van der Waals surface area contributed by atoms with Crippen LogP contribution in [0.2, 0.25) is 0 Å². The molecule has 0 bridgehead atoms. The van der Waals surface area contributed by atoms with Crippen molar-refractivity contribution < 1.29 is 14.3 Å². The van der Waals surface area contributed by atoms with Crippen molar-refractivity contribution in [1.29, 1.82) is 0 Å². The first-order chi connectivity index (χ1) is 9.14. The Hall–Kier alpha value is -1.68. The average Bonchev–Trinajstić information content (AvgIpc) is 2.35. The quantitative estimate of drug-likeness (QED) is 0.821. The second-order valence-corrected chi connectivity index (χ2v) is 5.56. The summed E-state index contributed by atoms with van der Waals surface area (Å²) >= 11 is 0. The van der Waals surface area contributed by atoms with Gasteiger partial charge in [-0.3, -0.25) is 14.9 Å². The van der Waals surface area contributed by atoms with E-state index >= 15 is 0 Å². The van der Waals surface area contributed by atoms with Crippen LogP contribution in [0.4, 0.5) is 0 Å². The van der Waals surface area contributed by atoms with Crippen molar-refractivity contribution >= 4 is 11.8 Å². The predicted octanol–water partition coefficient (Wildman–Crippen LogP) is 1.61. The molecule has 100 valence electrons. The number of rotatable bonds is 2. The van der Waals surface area contributed by atoms with Crippen molar-refractivity contribution in [3.8, 4) is 0 Å². The smallest absolute Gasteiger partial charge is 0.234 e. The zero-order valence-corrected chi connectivity index (χ0v) is 10.9. The summed E-state index contributed by atoms with van der Waals surface area (Å²) in [5.41, 5.74) is 0.739. The maximum absolute atomic E-state index is 12.2. The van der Waals surface area contributed by atoms with Gasteiger partial charge in [-0.1, -0.05) is 30.3 Å². The lowest BCUT2D eigenvalue weighted by atomic mass is 9.54. The number of carbonyl (C=O) groups excluding carboxylic acids is 2. The standard InChI is InChI=1S/C15H17NO3/c1-19-11-7-15(8-11)9-12(17)16-14(18)13(15)10-5-3-2-4-6-10/h2-6,11,13H,7-9H2,1H3,(H,16,17,18). The number of benzene rings is 1. The molecule has 2 fully saturated rings. The molecule has 1 saturated carbocycles. The van der Waals surface area contributed by atoms with Crippen LogP contribution in [-0.4, -0.2) is 25.0 Å². The van der Waals surface area contributed by atoms with Gasteiger partial charge in [-0.2, -0.15) is 0 Å². The Morgan fingerprint density at radius 2 is 1.89 bits per heavy atom. The Balaban J connectivity index is 1.95. The highest BCUT2D eigenvalue weighted by Gasteiger charge is 2.56. The molecule has 1 unspecified atom stereocenters. The van der Waals surface area contributed by atoms with Gasteiger partial charge in [-0.05, 0) is 23.8 Å². The predicted molar refractivity (Wildman–Crippen MR) is 69.4 cm³/mol. The van der Waals surface area contributed by atoms with Gasteiger partial charge in [0.25, 0.3) is 0 Å². The minimum absolute atomic E-state index is 0.160. The molecule has 1 spiro atoms. The van der Waals surface area contributed by atoms with Gasteiger partial charge in [-0.15, -0.1) is 0 Å². The zero-order valence-electron chi connectivity index (χ0n) is 10.9. The Kier molecular flexibility index (Phi) is 2.90. The highest BCUT2D eigenvalue weighted by atomic mass is 16.5. The van der Waals surface area contributed by atoms with Crippen molar-refractivity contribution in [3.05, 3.63) is 35.9 Å². The second kappa shape index (κ2) is 4.46. The molecule has 1 aliphatic heterocycles.